The van der Waals surface area contributed by atoms with Crippen molar-refractivity contribution in [2.45, 2.75) is 25.9 Å². The Morgan fingerprint density at radius 2 is 1.70 bits per heavy atom. The molecule has 2 amide bonds. The number of nitrogens with one attached hydrogen (secondary N) is 1. The van der Waals surface area contributed by atoms with Gasteiger partial charge in [0, 0.05) is 13.6 Å². The van der Waals surface area contributed by atoms with Crippen molar-refractivity contribution < 1.29 is 14.3 Å². The van der Waals surface area contributed by atoms with Crippen molar-refractivity contribution in [3.05, 3.63) is 63.6 Å². The lowest BCUT2D eigenvalue weighted by molar-refractivity contribution is -0.139. The van der Waals surface area contributed by atoms with E-state index < -0.39 is 6.04 Å². The molecule has 0 aliphatic heterocycles. The Labute approximate surface area is 169 Å². The van der Waals surface area contributed by atoms with Crippen LogP contribution >= 0.6 is 23.2 Å². The Bertz CT molecular complexity index is 809. The molecule has 5 nitrogen and oxygen atoms in total. The molecule has 0 spiro atoms. The molecule has 2 aromatic carbocycles. The third-order valence-electron chi connectivity index (χ3n) is 4.27. The van der Waals surface area contributed by atoms with E-state index in [1.54, 1.807) is 51.4 Å². The number of rotatable bonds is 7. The Kier molecular flexibility index (Phi) is 7.51. The minimum atomic E-state index is -0.629. The van der Waals surface area contributed by atoms with Crippen LogP contribution in [0, 0.1) is 0 Å². The number of carbonyl (C=O) groups excluding carboxylic acids is 2. The smallest absolute Gasteiger partial charge is 0.242 e. The van der Waals surface area contributed by atoms with E-state index in [1.807, 2.05) is 12.1 Å². The summed E-state index contributed by atoms with van der Waals surface area (Å²) in [6.45, 7) is 1.95. The third-order valence-corrected chi connectivity index (χ3v) is 5.00. The van der Waals surface area contributed by atoms with Gasteiger partial charge in [-0.3, -0.25) is 9.59 Å². The summed E-state index contributed by atoms with van der Waals surface area (Å²) in [5.41, 5.74) is 1.63. The fourth-order valence-electron chi connectivity index (χ4n) is 2.65. The highest BCUT2D eigenvalue weighted by atomic mass is 35.5. The summed E-state index contributed by atoms with van der Waals surface area (Å²) in [5, 5.41) is 3.44. The highest BCUT2D eigenvalue weighted by Crippen LogP contribution is 2.24. The van der Waals surface area contributed by atoms with Crippen LogP contribution in [0.4, 0.5) is 0 Å². The molecule has 1 unspecified atom stereocenters. The van der Waals surface area contributed by atoms with Crippen molar-refractivity contribution in [2.75, 3.05) is 14.2 Å². The standard InChI is InChI=1S/C20H22Cl2N2O3/c1-13(20(26)23-2)24(12-15-6-9-17(21)18(22)10-15)19(25)11-14-4-7-16(27-3)8-5-14/h4-10,13H,11-12H2,1-3H3,(H,23,26). The summed E-state index contributed by atoms with van der Waals surface area (Å²) in [7, 11) is 3.13. The van der Waals surface area contributed by atoms with E-state index in [9.17, 15) is 9.59 Å². The molecule has 0 saturated carbocycles. The molecule has 0 aliphatic carbocycles. The average molecular weight is 409 g/mol. The summed E-state index contributed by atoms with van der Waals surface area (Å²) >= 11 is 12.0. The second-order valence-corrected chi connectivity index (χ2v) is 6.90. The monoisotopic (exact) mass is 408 g/mol. The van der Waals surface area contributed by atoms with Gasteiger partial charge in [0.1, 0.15) is 11.8 Å². The third kappa shape index (κ3) is 5.62. The second kappa shape index (κ2) is 9.62. The fourth-order valence-corrected chi connectivity index (χ4v) is 2.97. The summed E-state index contributed by atoms with van der Waals surface area (Å²) in [5.74, 6) is 0.318. The Morgan fingerprint density at radius 3 is 2.26 bits per heavy atom. The van der Waals surface area contributed by atoms with Gasteiger partial charge in [-0.2, -0.15) is 0 Å². The van der Waals surface area contributed by atoms with Crippen molar-refractivity contribution in [1.29, 1.82) is 0 Å². The maximum absolute atomic E-state index is 12.9. The van der Waals surface area contributed by atoms with Crippen molar-refractivity contribution in [3.63, 3.8) is 0 Å². The maximum atomic E-state index is 12.9. The first kappa shape index (κ1) is 21.1. The highest BCUT2D eigenvalue weighted by molar-refractivity contribution is 6.42. The zero-order chi connectivity index (χ0) is 20.0. The zero-order valence-electron chi connectivity index (χ0n) is 15.5. The van der Waals surface area contributed by atoms with Gasteiger partial charge >= 0.3 is 0 Å². The van der Waals surface area contributed by atoms with Crippen LogP contribution in [0.2, 0.25) is 10.0 Å². The van der Waals surface area contributed by atoms with E-state index in [4.69, 9.17) is 27.9 Å². The molecule has 0 fully saturated rings. The summed E-state index contributed by atoms with van der Waals surface area (Å²) in [4.78, 5) is 26.6. The zero-order valence-corrected chi connectivity index (χ0v) is 17.0. The van der Waals surface area contributed by atoms with Crippen LogP contribution in [0.5, 0.6) is 5.75 Å². The first-order valence-electron chi connectivity index (χ1n) is 8.43. The molecule has 27 heavy (non-hydrogen) atoms. The van der Waals surface area contributed by atoms with E-state index in [0.717, 1.165) is 16.9 Å². The SMILES string of the molecule is CNC(=O)C(C)N(Cc1ccc(Cl)c(Cl)c1)C(=O)Cc1ccc(OC)cc1. The Hall–Kier alpha value is -2.24. The van der Waals surface area contributed by atoms with Gasteiger partial charge in [0.2, 0.25) is 11.8 Å². The van der Waals surface area contributed by atoms with Crippen LogP contribution < -0.4 is 10.1 Å². The van der Waals surface area contributed by atoms with Crippen molar-refractivity contribution in [2.24, 2.45) is 0 Å². The van der Waals surface area contributed by atoms with Crippen LogP contribution in [0.1, 0.15) is 18.1 Å². The number of likely N-dealkylation sites (N-methyl/N-ethyl adjacent to an activating group) is 1. The van der Waals surface area contributed by atoms with Crippen LogP contribution in [-0.4, -0.2) is 36.9 Å². The number of hydrogen-bond donors (Lipinski definition) is 1. The van der Waals surface area contributed by atoms with E-state index in [0.29, 0.717) is 10.0 Å². The number of hydrogen-bond acceptors (Lipinski definition) is 3. The molecule has 7 heteroatoms. The van der Waals surface area contributed by atoms with Gasteiger partial charge in [0.25, 0.3) is 0 Å². The molecule has 0 aromatic heterocycles. The minimum Gasteiger partial charge on any atom is -0.497 e. The molecule has 2 rings (SSSR count). The summed E-state index contributed by atoms with van der Waals surface area (Å²) in [6.07, 6.45) is 0.173. The minimum absolute atomic E-state index is 0.165. The number of amides is 2. The van der Waals surface area contributed by atoms with Gasteiger partial charge in [-0.1, -0.05) is 41.4 Å². The number of halogens is 2. The van der Waals surface area contributed by atoms with E-state index in [1.165, 1.54) is 4.90 Å². The molecule has 0 radical (unpaired) electrons. The quantitative estimate of drug-likeness (QED) is 0.759. The first-order valence-corrected chi connectivity index (χ1v) is 9.19. The van der Waals surface area contributed by atoms with Crippen LogP contribution in [0.15, 0.2) is 42.5 Å². The summed E-state index contributed by atoms with van der Waals surface area (Å²) in [6, 6.07) is 11.8. The number of benzene rings is 2. The van der Waals surface area contributed by atoms with Crippen LogP contribution in [-0.2, 0) is 22.6 Å². The largest absolute Gasteiger partial charge is 0.497 e. The molecule has 0 saturated heterocycles. The lowest BCUT2D eigenvalue weighted by Gasteiger charge is -2.28. The van der Waals surface area contributed by atoms with Crippen LogP contribution in [0.3, 0.4) is 0 Å². The number of nitrogens with zero attached hydrogens (tertiary/aromatic N) is 1. The lowest BCUT2D eigenvalue weighted by Crippen LogP contribution is -2.47. The highest BCUT2D eigenvalue weighted by Gasteiger charge is 2.25. The normalized spacial score (nSPS) is 11.6. The second-order valence-electron chi connectivity index (χ2n) is 6.09. The molecular weight excluding hydrogens is 387 g/mol. The number of methoxy groups -OCH3 is 1. The number of ether oxygens (including phenoxy) is 1. The van der Waals surface area contributed by atoms with Crippen molar-refractivity contribution in [3.8, 4) is 5.75 Å². The predicted octanol–water partition coefficient (Wildman–Crippen LogP) is 3.71. The van der Waals surface area contributed by atoms with Gasteiger partial charge in [-0.15, -0.1) is 0 Å². The Morgan fingerprint density at radius 1 is 1.07 bits per heavy atom. The average Bonchev–Trinajstić information content (AvgIpc) is 2.68. The molecule has 0 bridgehead atoms. The van der Waals surface area contributed by atoms with Gasteiger partial charge in [-0.25, -0.2) is 0 Å². The maximum Gasteiger partial charge on any atom is 0.242 e. The molecule has 0 heterocycles. The molecule has 1 atom stereocenters. The van der Waals surface area contributed by atoms with Crippen molar-refractivity contribution in [1.82, 2.24) is 10.2 Å². The fraction of sp³-hybridized carbons (Fsp3) is 0.300. The van der Waals surface area contributed by atoms with Gasteiger partial charge in [0.15, 0.2) is 0 Å². The van der Waals surface area contributed by atoms with Crippen molar-refractivity contribution >= 4 is 35.0 Å². The molecule has 144 valence electrons. The van der Waals surface area contributed by atoms with E-state index >= 15 is 0 Å². The molecule has 0 aliphatic rings. The topological polar surface area (TPSA) is 58.6 Å². The van der Waals surface area contributed by atoms with Gasteiger partial charge < -0.3 is 15.0 Å². The van der Waals surface area contributed by atoms with Gasteiger partial charge in [0.05, 0.1) is 23.6 Å². The molecule has 1 N–H and O–H groups in total. The van der Waals surface area contributed by atoms with Crippen LogP contribution in [0.25, 0.3) is 0 Å². The lowest BCUT2D eigenvalue weighted by atomic mass is 10.1. The summed E-state index contributed by atoms with van der Waals surface area (Å²) < 4.78 is 5.13. The van der Waals surface area contributed by atoms with E-state index in [2.05, 4.69) is 5.32 Å². The Balaban J connectivity index is 2.22. The molecular formula is C20H22Cl2N2O3. The number of carbonyl (C=O) groups is 2. The molecule has 2 aromatic rings. The van der Waals surface area contributed by atoms with E-state index in [-0.39, 0.29) is 24.8 Å². The first-order chi connectivity index (χ1) is 12.8. The van der Waals surface area contributed by atoms with Gasteiger partial charge in [-0.05, 0) is 42.3 Å². The predicted molar refractivity (Wildman–Crippen MR) is 107 cm³/mol.